The van der Waals surface area contributed by atoms with E-state index in [0.717, 1.165) is 35.7 Å². The number of likely N-dealkylation sites (tertiary alicyclic amines) is 1. The Morgan fingerprint density at radius 3 is 2.88 bits per heavy atom. The highest BCUT2D eigenvalue weighted by atomic mass is 79.9. The van der Waals surface area contributed by atoms with E-state index in [4.69, 9.17) is 17.3 Å². The van der Waals surface area contributed by atoms with E-state index in [1.165, 1.54) is 12.0 Å². The van der Waals surface area contributed by atoms with E-state index in [2.05, 4.69) is 39.9 Å². The molecule has 0 aromatic heterocycles. The molecule has 1 heterocycles. The van der Waals surface area contributed by atoms with Gasteiger partial charge in [0.2, 0.25) is 0 Å². The van der Waals surface area contributed by atoms with Crippen LogP contribution < -0.4 is 5.73 Å². The van der Waals surface area contributed by atoms with Gasteiger partial charge in [0.05, 0.1) is 5.02 Å². The highest BCUT2D eigenvalue weighted by molar-refractivity contribution is 9.10. The molecule has 1 unspecified atom stereocenters. The Labute approximate surface area is 116 Å². The van der Waals surface area contributed by atoms with E-state index < -0.39 is 0 Å². The SMILES string of the molecule is CC1(CN)CCN(Cc2ccc(Cl)c(Br)c2)C1. The third-order valence-electron chi connectivity index (χ3n) is 3.52. The van der Waals surface area contributed by atoms with Crippen molar-refractivity contribution in [3.63, 3.8) is 0 Å². The minimum Gasteiger partial charge on any atom is -0.330 e. The van der Waals surface area contributed by atoms with Crippen molar-refractivity contribution in [2.45, 2.75) is 19.9 Å². The zero-order chi connectivity index (χ0) is 12.5. The first-order valence-electron chi connectivity index (χ1n) is 5.89. The van der Waals surface area contributed by atoms with Gasteiger partial charge in [-0.25, -0.2) is 0 Å². The van der Waals surface area contributed by atoms with Gasteiger partial charge in [-0.15, -0.1) is 0 Å². The summed E-state index contributed by atoms with van der Waals surface area (Å²) in [5, 5.41) is 0.766. The van der Waals surface area contributed by atoms with Gasteiger partial charge in [0, 0.05) is 17.6 Å². The Hall–Kier alpha value is -0.0900. The second-order valence-electron chi connectivity index (χ2n) is 5.22. The van der Waals surface area contributed by atoms with Crippen molar-refractivity contribution < 1.29 is 0 Å². The first kappa shape index (κ1) is 13.3. The molecule has 0 bridgehead atoms. The predicted molar refractivity (Wildman–Crippen MR) is 76.2 cm³/mol. The van der Waals surface area contributed by atoms with Gasteiger partial charge in [0.1, 0.15) is 0 Å². The fourth-order valence-electron chi connectivity index (χ4n) is 2.32. The van der Waals surface area contributed by atoms with Gasteiger partial charge in [0.15, 0.2) is 0 Å². The summed E-state index contributed by atoms with van der Waals surface area (Å²) in [6.07, 6.45) is 1.19. The van der Waals surface area contributed by atoms with Crippen molar-refractivity contribution in [1.29, 1.82) is 0 Å². The molecule has 1 aromatic rings. The number of hydrogen-bond acceptors (Lipinski definition) is 2. The van der Waals surface area contributed by atoms with E-state index in [1.807, 2.05) is 6.07 Å². The number of halogens is 2. The Kier molecular flexibility index (Phi) is 4.14. The van der Waals surface area contributed by atoms with Gasteiger partial charge < -0.3 is 5.73 Å². The van der Waals surface area contributed by atoms with E-state index in [-0.39, 0.29) is 0 Å². The molecule has 2 N–H and O–H groups in total. The van der Waals surface area contributed by atoms with Crippen molar-refractivity contribution in [3.8, 4) is 0 Å². The van der Waals surface area contributed by atoms with Crippen LogP contribution in [-0.2, 0) is 6.54 Å². The summed E-state index contributed by atoms with van der Waals surface area (Å²) >= 11 is 9.45. The van der Waals surface area contributed by atoms with Crippen molar-refractivity contribution in [2.24, 2.45) is 11.1 Å². The van der Waals surface area contributed by atoms with E-state index in [1.54, 1.807) is 0 Å². The van der Waals surface area contributed by atoms with Crippen LogP contribution in [0.1, 0.15) is 18.9 Å². The Balaban J connectivity index is 2.00. The second-order valence-corrected chi connectivity index (χ2v) is 6.49. The molecule has 2 nitrogen and oxygen atoms in total. The number of nitrogens with zero attached hydrogens (tertiary/aromatic N) is 1. The van der Waals surface area contributed by atoms with Crippen molar-refractivity contribution in [1.82, 2.24) is 4.90 Å². The second kappa shape index (κ2) is 5.27. The highest BCUT2D eigenvalue weighted by Crippen LogP contribution is 2.30. The molecule has 0 saturated carbocycles. The lowest BCUT2D eigenvalue weighted by Crippen LogP contribution is -2.31. The van der Waals surface area contributed by atoms with Crippen LogP contribution >= 0.6 is 27.5 Å². The molecule has 0 aliphatic carbocycles. The predicted octanol–water partition coefficient (Wildman–Crippen LogP) is 3.27. The molecule has 1 aliphatic heterocycles. The summed E-state index contributed by atoms with van der Waals surface area (Å²) in [6, 6.07) is 6.13. The third kappa shape index (κ3) is 3.22. The highest BCUT2D eigenvalue weighted by Gasteiger charge is 2.32. The lowest BCUT2D eigenvalue weighted by atomic mass is 9.90. The normalized spacial score (nSPS) is 25.4. The number of rotatable bonds is 3. The summed E-state index contributed by atoms with van der Waals surface area (Å²) in [6.45, 7) is 6.24. The minimum absolute atomic E-state index is 0.295. The summed E-state index contributed by atoms with van der Waals surface area (Å²) in [4.78, 5) is 2.46. The molecule has 1 aliphatic rings. The van der Waals surface area contributed by atoms with Crippen LogP contribution in [0.15, 0.2) is 22.7 Å². The van der Waals surface area contributed by atoms with Gasteiger partial charge in [0.25, 0.3) is 0 Å². The Morgan fingerprint density at radius 1 is 1.53 bits per heavy atom. The molecule has 4 heteroatoms. The average Bonchev–Trinajstić information content (AvgIpc) is 2.67. The first-order valence-corrected chi connectivity index (χ1v) is 7.06. The molecule has 1 saturated heterocycles. The number of hydrogen-bond donors (Lipinski definition) is 1. The zero-order valence-corrected chi connectivity index (χ0v) is 12.4. The van der Waals surface area contributed by atoms with Gasteiger partial charge in [-0.3, -0.25) is 4.90 Å². The average molecular weight is 318 g/mol. The van der Waals surface area contributed by atoms with Crippen LogP contribution in [0.3, 0.4) is 0 Å². The monoisotopic (exact) mass is 316 g/mol. The molecule has 2 rings (SSSR count). The smallest absolute Gasteiger partial charge is 0.0548 e. The molecule has 0 spiro atoms. The maximum Gasteiger partial charge on any atom is 0.0548 e. The standard InChI is InChI=1S/C13H18BrClN2/c1-13(8-16)4-5-17(9-13)7-10-2-3-12(15)11(14)6-10/h2-3,6H,4-5,7-9,16H2,1H3. The summed E-state index contributed by atoms with van der Waals surface area (Å²) in [5.74, 6) is 0. The van der Waals surface area contributed by atoms with Crippen molar-refractivity contribution in [2.75, 3.05) is 19.6 Å². The van der Waals surface area contributed by atoms with Crippen LogP contribution in [0.2, 0.25) is 5.02 Å². The number of nitrogens with two attached hydrogens (primary N) is 1. The number of benzene rings is 1. The quantitative estimate of drug-likeness (QED) is 0.927. The maximum absolute atomic E-state index is 5.99. The third-order valence-corrected chi connectivity index (χ3v) is 4.73. The Morgan fingerprint density at radius 2 is 2.29 bits per heavy atom. The lowest BCUT2D eigenvalue weighted by Gasteiger charge is -2.22. The zero-order valence-electron chi connectivity index (χ0n) is 10.0. The van der Waals surface area contributed by atoms with E-state index >= 15 is 0 Å². The van der Waals surface area contributed by atoms with Gasteiger partial charge in [-0.05, 0) is 58.6 Å². The van der Waals surface area contributed by atoms with Gasteiger partial charge in [-0.1, -0.05) is 24.6 Å². The summed E-state index contributed by atoms with van der Waals surface area (Å²) in [5.41, 5.74) is 7.41. The van der Waals surface area contributed by atoms with Crippen LogP contribution in [-0.4, -0.2) is 24.5 Å². The molecular weight excluding hydrogens is 300 g/mol. The molecule has 1 atom stereocenters. The van der Waals surface area contributed by atoms with Crippen LogP contribution in [0.25, 0.3) is 0 Å². The maximum atomic E-state index is 5.99. The fourth-order valence-corrected chi connectivity index (χ4v) is 2.87. The molecule has 0 radical (unpaired) electrons. The van der Waals surface area contributed by atoms with Crippen LogP contribution in [0.4, 0.5) is 0 Å². The molecule has 94 valence electrons. The molecular formula is C13H18BrClN2. The largest absolute Gasteiger partial charge is 0.330 e. The van der Waals surface area contributed by atoms with Crippen LogP contribution in [0.5, 0.6) is 0 Å². The molecule has 1 fully saturated rings. The van der Waals surface area contributed by atoms with Crippen LogP contribution in [0, 0.1) is 5.41 Å². The van der Waals surface area contributed by atoms with Crippen molar-refractivity contribution in [3.05, 3.63) is 33.3 Å². The molecule has 1 aromatic carbocycles. The fraction of sp³-hybridized carbons (Fsp3) is 0.538. The Bertz CT molecular complexity index is 410. The van der Waals surface area contributed by atoms with Gasteiger partial charge >= 0.3 is 0 Å². The van der Waals surface area contributed by atoms with E-state index in [9.17, 15) is 0 Å². The lowest BCUT2D eigenvalue weighted by molar-refractivity contribution is 0.274. The summed E-state index contributed by atoms with van der Waals surface area (Å²) in [7, 11) is 0. The first-order chi connectivity index (χ1) is 8.02. The molecule has 0 amide bonds. The van der Waals surface area contributed by atoms with Gasteiger partial charge in [-0.2, -0.15) is 0 Å². The summed E-state index contributed by atoms with van der Waals surface area (Å²) < 4.78 is 0.970. The minimum atomic E-state index is 0.295. The van der Waals surface area contributed by atoms with E-state index in [0.29, 0.717) is 5.41 Å². The topological polar surface area (TPSA) is 29.3 Å². The van der Waals surface area contributed by atoms with Crippen molar-refractivity contribution >= 4 is 27.5 Å². The molecule has 17 heavy (non-hydrogen) atoms.